The number of thioether (sulfide) groups is 1. The number of ketones is 2. The molecular weight excluding hydrogens is 378 g/mol. The largest absolute Gasteiger partial charge is 0.307 e. The fourth-order valence-electron chi connectivity index (χ4n) is 3.64. The number of benzene rings is 2. The zero-order chi connectivity index (χ0) is 18.7. The van der Waals surface area contributed by atoms with Gasteiger partial charge in [0.05, 0.1) is 20.7 Å². The zero-order valence-corrected chi connectivity index (χ0v) is 15.9. The summed E-state index contributed by atoms with van der Waals surface area (Å²) < 4.78 is 0. The summed E-state index contributed by atoms with van der Waals surface area (Å²) in [6, 6.07) is 14.8. The molecule has 0 saturated carbocycles. The highest BCUT2D eigenvalue weighted by molar-refractivity contribution is 8.04. The average molecular weight is 391 g/mol. The van der Waals surface area contributed by atoms with E-state index in [-0.39, 0.29) is 16.4 Å². The number of H-pyrrole nitrogens is 1. The summed E-state index contributed by atoms with van der Waals surface area (Å²) in [5.74, 6) is -0.699. The van der Waals surface area contributed by atoms with E-state index in [9.17, 15) is 14.4 Å². The average Bonchev–Trinajstić information content (AvgIpc) is 3.05. The van der Waals surface area contributed by atoms with Crippen LogP contribution in [0.25, 0.3) is 0 Å². The van der Waals surface area contributed by atoms with Crippen LogP contribution < -0.4 is 4.87 Å². The Labute approximate surface area is 163 Å². The van der Waals surface area contributed by atoms with Crippen LogP contribution in [0.1, 0.15) is 42.6 Å². The molecule has 6 heteroatoms. The van der Waals surface area contributed by atoms with Crippen molar-refractivity contribution in [3.8, 4) is 0 Å². The molecule has 1 aliphatic heterocycles. The number of allylic oxidation sites excluding steroid dienone is 2. The van der Waals surface area contributed by atoms with Crippen LogP contribution in [0.15, 0.2) is 68.8 Å². The number of thiazole rings is 1. The molecule has 0 fully saturated rings. The monoisotopic (exact) mass is 391 g/mol. The molecule has 4 nitrogen and oxygen atoms in total. The van der Waals surface area contributed by atoms with Crippen LogP contribution in [-0.2, 0) is 0 Å². The second kappa shape index (κ2) is 5.90. The first kappa shape index (κ1) is 16.5. The van der Waals surface area contributed by atoms with Crippen LogP contribution >= 0.6 is 23.1 Å². The van der Waals surface area contributed by atoms with E-state index >= 15 is 0 Å². The predicted molar refractivity (Wildman–Crippen MR) is 106 cm³/mol. The summed E-state index contributed by atoms with van der Waals surface area (Å²) in [5, 5.41) is 0.662. The van der Waals surface area contributed by atoms with E-state index < -0.39 is 5.92 Å². The second-order valence-electron chi connectivity index (χ2n) is 6.60. The van der Waals surface area contributed by atoms with Crippen LogP contribution in [0.5, 0.6) is 0 Å². The normalized spacial score (nSPS) is 18.2. The van der Waals surface area contributed by atoms with E-state index in [1.165, 1.54) is 11.8 Å². The van der Waals surface area contributed by atoms with Crippen LogP contribution in [0, 0.1) is 6.92 Å². The lowest BCUT2D eigenvalue weighted by molar-refractivity contribution is 0.0977. The first-order valence-corrected chi connectivity index (χ1v) is 10.1. The van der Waals surface area contributed by atoms with Crippen molar-refractivity contribution < 1.29 is 9.59 Å². The van der Waals surface area contributed by atoms with Crippen molar-refractivity contribution >= 4 is 34.7 Å². The minimum Gasteiger partial charge on any atom is -0.307 e. The number of rotatable bonds is 1. The fourth-order valence-corrected chi connectivity index (χ4v) is 5.91. The molecular formula is C21H13NO3S2. The smallest absolute Gasteiger partial charge is 0.305 e. The number of aryl methyl sites for hydroxylation is 1. The topological polar surface area (TPSA) is 67.0 Å². The Morgan fingerprint density at radius 1 is 0.889 bits per heavy atom. The van der Waals surface area contributed by atoms with Crippen molar-refractivity contribution in [3.63, 3.8) is 0 Å². The molecule has 5 rings (SSSR count). The van der Waals surface area contributed by atoms with Gasteiger partial charge in [0, 0.05) is 16.7 Å². The van der Waals surface area contributed by atoms with Gasteiger partial charge in [-0.25, -0.2) is 0 Å². The zero-order valence-electron chi connectivity index (χ0n) is 14.2. The Morgan fingerprint density at radius 3 is 2.26 bits per heavy atom. The number of carbonyl (C=O) groups is 2. The van der Waals surface area contributed by atoms with Gasteiger partial charge in [-0.2, -0.15) is 0 Å². The van der Waals surface area contributed by atoms with E-state index in [2.05, 4.69) is 4.98 Å². The van der Waals surface area contributed by atoms with Gasteiger partial charge in [-0.15, -0.1) is 0 Å². The molecule has 132 valence electrons. The first-order valence-electron chi connectivity index (χ1n) is 8.44. The molecule has 0 bridgehead atoms. The number of aromatic amines is 1. The number of hydrogen-bond acceptors (Lipinski definition) is 5. The van der Waals surface area contributed by atoms with E-state index in [4.69, 9.17) is 0 Å². The fraction of sp³-hybridized carbons (Fsp3) is 0.0952. The van der Waals surface area contributed by atoms with Gasteiger partial charge < -0.3 is 4.98 Å². The molecule has 1 N–H and O–H groups in total. The second-order valence-corrected chi connectivity index (χ2v) is 8.64. The molecule has 0 amide bonds. The maximum Gasteiger partial charge on any atom is 0.305 e. The maximum atomic E-state index is 13.4. The van der Waals surface area contributed by atoms with Crippen molar-refractivity contribution in [2.75, 3.05) is 0 Å². The van der Waals surface area contributed by atoms with Gasteiger partial charge in [0.2, 0.25) is 5.78 Å². The summed E-state index contributed by atoms with van der Waals surface area (Å²) >= 11 is 2.31. The standard InChI is InChI=1S/C21H13NO3S2/c1-10-6-8-11(9-7-10)14-15-16(23)12-4-2-3-5-13(12)17(24)18(15)26-20-19(14)27-21(25)22-20/h2-9,14H,1H3,(H,22,25)/t14-/m1/s1. The number of carbonyl (C=O) groups excluding carboxylic acids is 2. The van der Waals surface area contributed by atoms with Crippen molar-refractivity contribution in [3.05, 3.63) is 95.8 Å². The number of fused-ring (bicyclic) bond motifs is 2. The Morgan fingerprint density at radius 2 is 1.56 bits per heavy atom. The molecule has 0 unspecified atom stereocenters. The third-order valence-corrected chi connectivity index (χ3v) is 7.13. The molecule has 1 atom stereocenters. The van der Waals surface area contributed by atoms with Gasteiger partial charge in [0.1, 0.15) is 0 Å². The lowest BCUT2D eigenvalue weighted by atomic mass is 9.79. The summed E-state index contributed by atoms with van der Waals surface area (Å²) in [6.45, 7) is 2.00. The van der Waals surface area contributed by atoms with Gasteiger partial charge in [-0.1, -0.05) is 77.2 Å². The molecule has 0 saturated heterocycles. The highest BCUT2D eigenvalue weighted by Gasteiger charge is 2.42. The number of Topliss-reactive ketones (excluding diaryl/α,β-unsaturated/α-hetero) is 2. The van der Waals surface area contributed by atoms with Gasteiger partial charge >= 0.3 is 4.87 Å². The molecule has 3 aromatic rings. The van der Waals surface area contributed by atoms with E-state index in [0.29, 0.717) is 26.6 Å². The molecule has 0 radical (unpaired) electrons. The van der Waals surface area contributed by atoms with Crippen LogP contribution in [0.2, 0.25) is 0 Å². The molecule has 0 spiro atoms. The minimum absolute atomic E-state index is 0.134. The Hall–Kier alpha value is -2.70. The van der Waals surface area contributed by atoms with Crippen molar-refractivity contribution in [2.45, 2.75) is 17.9 Å². The Kier molecular flexibility index (Phi) is 3.60. The summed E-state index contributed by atoms with van der Waals surface area (Å²) in [6.07, 6.45) is 0. The van der Waals surface area contributed by atoms with Gasteiger partial charge in [0.15, 0.2) is 5.78 Å². The van der Waals surface area contributed by atoms with E-state index in [0.717, 1.165) is 27.3 Å². The Balaban J connectivity index is 1.79. The first-order chi connectivity index (χ1) is 13.0. The Bertz CT molecular complexity index is 1210. The third kappa shape index (κ3) is 2.40. The maximum absolute atomic E-state index is 13.4. The van der Waals surface area contributed by atoms with Gasteiger partial charge in [-0.3, -0.25) is 14.4 Å². The number of nitrogens with one attached hydrogen (secondary N) is 1. The SMILES string of the molecule is Cc1ccc([C@@H]2C3=C(Sc4[nH]c(=O)sc42)C(=O)c2ccccc2C3=O)cc1. The summed E-state index contributed by atoms with van der Waals surface area (Å²) in [7, 11) is 0. The van der Waals surface area contributed by atoms with Gasteiger partial charge in [-0.05, 0) is 12.5 Å². The molecule has 2 heterocycles. The lowest BCUT2D eigenvalue weighted by Crippen LogP contribution is -2.27. The van der Waals surface area contributed by atoms with Crippen molar-refractivity contribution in [1.82, 2.24) is 4.98 Å². The van der Waals surface area contributed by atoms with Crippen molar-refractivity contribution in [2.24, 2.45) is 0 Å². The quantitative estimate of drug-likeness (QED) is 0.671. The van der Waals surface area contributed by atoms with Crippen molar-refractivity contribution in [1.29, 1.82) is 0 Å². The molecule has 27 heavy (non-hydrogen) atoms. The van der Waals surface area contributed by atoms with Gasteiger partial charge in [0.25, 0.3) is 0 Å². The van der Waals surface area contributed by atoms with E-state index in [1.54, 1.807) is 24.3 Å². The molecule has 2 aromatic carbocycles. The lowest BCUT2D eigenvalue weighted by Gasteiger charge is -2.30. The summed E-state index contributed by atoms with van der Waals surface area (Å²) in [4.78, 5) is 42.4. The molecule has 1 aliphatic carbocycles. The minimum atomic E-state index is -0.411. The predicted octanol–water partition coefficient (Wildman–Crippen LogP) is 4.32. The van der Waals surface area contributed by atoms with Crippen LogP contribution in [-0.4, -0.2) is 16.6 Å². The van der Waals surface area contributed by atoms with Crippen LogP contribution in [0.4, 0.5) is 0 Å². The van der Waals surface area contributed by atoms with Crippen LogP contribution in [0.3, 0.4) is 0 Å². The highest BCUT2D eigenvalue weighted by atomic mass is 32.2. The third-order valence-electron chi connectivity index (χ3n) is 4.92. The number of aromatic nitrogens is 1. The molecule has 1 aromatic heterocycles. The molecule has 2 aliphatic rings. The van der Waals surface area contributed by atoms with E-state index in [1.807, 2.05) is 31.2 Å². The summed E-state index contributed by atoms with van der Waals surface area (Å²) in [5.41, 5.74) is 3.36. The number of hydrogen-bond donors (Lipinski definition) is 1. The highest BCUT2D eigenvalue weighted by Crippen LogP contribution is 2.51.